The summed E-state index contributed by atoms with van der Waals surface area (Å²) in [5, 5.41) is 18.5. The van der Waals surface area contributed by atoms with Crippen molar-refractivity contribution in [1.29, 1.82) is 0 Å². The summed E-state index contributed by atoms with van der Waals surface area (Å²) in [6.07, 6.45) is 2.53. The van der Waals surface area contributed by atoms with Crippen molar-refractivity contribution < 1.29 is 19.7 Å². The van der Waals surface area contributed by atoms with E-state index >= 15 is 0 Å². The molecule has 0 heterocycles. The fourth-order valence-corrected chi connectivity index (χ4v) is 0.934. The molecule has 0 amide bonds. The van der Waals surface area contributed by atoms with Gasteiger partial charge in [0.15, 0.2) is 0 Å². The Morgan fingerprint density at radius 2 is 2.31 bits per heavy atom. The highest BCUT2D eigenvalue weighted by molar-refractivity contribution is 5.70. The number of hydrogen-bond acceptors (Lipinski definition) is 4. The van der Waals surface area contributed by atoms with Gasteiger partial charge in [0, 0.05) is 6.42 Å². The third kappa shape index (κ3) is 2.40. The van der Waals surface area contributed by atoms with Gasteiger partial charge in [-0.05, 0) is 6.08 Å². The Hall–Kier alpha value is -1.13. The lowest BCUT2D eigenvalue weighted by molar-refractivity contribution is -0.141. The maximum Gasteiger partial charge on any atom is 0.310 e. The fraction of sp³-hybridized carbons (Fsp3) is 0.444. The minimum atomic E-state index is -1.14. The Labute approximate surface area is 76.1 Å². The van der Waals surface area contributed by atoms with Crippen molar-refractivity contribution in [2.75, 3.05) is 0 Å². The Morgan fingerprint density at radius 1 is 1.62 bits per heavy atom. The van der Waals surface area contributed by atoms with Gasteiger partial charge in [-0.15, -0.1) is 0 Å². The van der Waals surface area contributed by atoms with E-state index in [1.807, 2.05) is 0 Å². The third-order valence-corrected chi connectivity index (χ3v) is 1.70. The molecule has 0 aromatic carbocycles. The molecule has 1 aliphatic carbocycles. The predicted octanol–water partition coefficient (Wildman–Crippen LogP) is 0.115. The zero-order valence-electron chi connectivity index (χ0n) is 7.30. The smallest absolute Gasteiger partial charge is 0.310 e. The van der Waals surface area contributed by atoms with Crippen molar-refractivity contribution in [3.8, 4) is 0 Å². The summed E-state index contributed by atoms with van der Waals surface area (Å²) in [7, 11) is 0. The largest absolute Gasteiger partial charge is 0.428 e. The van der Waals surface area contributed by atoms with Gasteiger partial charge in [0.25, 0.3) is 0 Å². The Bertz CT molecular complexity index is 254. The molecule has 0 saturated carbocycles. The summed E-state index contributed by atoms with van der Waals surface area (Å²) in [5.74, 6) is -0.324. The van der Waals surface area contributed by atoms with Gasteiger partial charge < -0.3 is 14.9 Å². The molecule has 0 spiro atoms. The molecule has 0 bridgehead atoms. The summed E-state index contributed by atoms with van der Waals surface area (Å²) < 4.78 is 4.78. The molecule has 0 unspecified atom stereocenters. The maximum absolute atomic E-state index is 10.9. The standard InChI is InChI=1S/C9H12O4/c1-2-8(11)13-7-5-3-4-6(10)9(7)12/h3-6,9-10,12H,2H2,1H3/t6-,9+/m0/s1. The number of carbonyl (C=O) groups is 1. The summed E-state index contributed by atoms with van der Waals surface area (Å²) >= 11 is 0. The molecular weight excluding hydrogens is 172 g/mol. The SMILES string of the molecule is CCC(=O)OC1=CC=C[C@H](O)[C@H]1O. The highest BCUT2D eigenvalue weighted by Crippen LogP contribution is 2.15. The van der Waals surface area contributed by atoms with Crippen LogP contribution >= 0.6 is 0 Å². The number of hydrogen-bond donors (Lipinski definition) is 2. The van der Waals surface area contributed by atoms with Crippen molar-refractivity contribution in [3.05, 3.63) is 24.0 Å². The van der Waals surface area contributed by atoms with Gasteiger partial charge in [-0.1, -0.05) is 19.1 Å². The number of carbonyl (C=O) groups excluding carboxylic acids is 1. The van der Waals surface area contributed by atoms with Gasteiger partial charge in [-0.2, -0.15) is 0 Å². The monoisotopic (exact) mass is 184 g/mol. The number of allylic oxidation sites excluding steroid dienone is 2. The Kier molecular flexibility index (Phi) is 3.22. The van der Waals surface area contributed by atoms with E-state index < -0.39 is 18.2 Å². The lowest BCUT2D eigenvalue weighted by Gasteiger charge is -2.19. The second-order valence-corrected chi connectivity index (χ2v) is 2.72. The van der Waals surface area contributed by atoms with Crippen molar-refractivity contribution in [2.24, 2.45) is 0 Å². The molecule has 1 aliphatic rings. The van der Waals surface area contributed by atoms with Gasteiger partial charge in [0.1, 0.15) is 18.0 Å². The molecule has 0 radical (unpaired) electrons. The van der Waals surface area contributed by atoms with E-state index in [9.17, 15) is 9.90 Å². The summed E-state index contributed by atoms with van der Waals surface area (Å²) in [5.41, 5.74) is 0. The molecule has 1 rings (SSSR count). The number of rotatable bonds is 2. The van der Waals surface area contributed by atoms with Crippen LogP contribution in [0.25, 0.3) is 0 Å². The molecule has 13 heavy (non-hydrogen) atoms. The highest BCUT2D eigenvalue weighted by atomic mass is 16.5. The van der Waals surface area contributed by atoms with Crippen LogP contribution in [0.4, 0.5) is 0 Å². The topological polar surface area (TPSA) is 66.8 Å². The average Bonchev–Trinajstić information content (AvgIpc) is 2.13. The van der Waals surface area contributed by atoms with Crippen LogP contribution in [0.1, 0.15) is 13.3 Å². The van der Waals surface area contributed by atoms with E-state index in [-0.39, 0.29) is 12.2 Å². The van der Waals surface area contributed by atoms with Crippen LogP contribution in [-0.4, -0.2) is 28.4 Å². The predicted molar refractivity (Wildman–Crippen MR) is 45.6 cm³/mol. The lowest BCUT2D eigenvalue weighted by Crippen LogP contribution is -2.29. The fourth-order valence-electron chi connectivity index (χ4n) is 0.934. The van der Waals surface area contributed by atoms with E-state index in [4.69, 9.17) is 9.84 Å². The van der Waals surface area contributed by atoms with Crippen LogP contribution in [0.5, 0.6) is 0 Å². The van der Waals surface area contributed by atoms with Crippen LogP contribution in [-0.2, 0) is 9.53 Å². The first kappa shape index (κ1) is 9.95. The van der Waals surface area contributed by atoms with E-state index in [0.717, 1.165) is 0 Å². The maximum atomic E-state index is 10.9. The highest BCUT2D eigenvalue weighted by Gasteiger charge is 2.23. The molecule has 72 valence electrons. The zero-order chi connectivity index (χ0) is 9.84. The zero-order valence-corrected chi connectivity index (χ0v) is 7.30. The molecule has 4 nitrogen and oxygen atoms in total. The van der Waals surface area contributed by atoms with E-state index in [1.54, 1.807) is 6.92 Å². The molecule has 0 saturated heterocycles. The minimum Gasteiger partial charge on any atom is -0.428 e. The van der Waals surface area contributed by atoms with Crippen LogP contribution in [0, 0.1) is 0 Å². The summed E-state index contributed by atoms with van der Waals surface area (Å²) in [4.78, 5) is 10.9. The number of aliphatic hydroxyl groups excluding tert-OH is 2. The molecule has 2 N–H and O–H groups in total. The van der Waals surface area contributed by atoms with Crippen molar-refractivity contribution >= 4 is 5.97 Å². The van der Waals surface area contributed by atoms with E-state index in [2.05, 4.69) is 0 Å². The number of ether oxygens (including phenoxy) is 1. The molecule has 0 aliphatic heterocycles. The normalized spacial score (nSPS) is 26.8. The molecular formula is C9H12O4. The second kappa shape index (κ2) is 4.20. The van der Waals surface area contributed by atoms with Crippen LogP contribution in [0.3, 0.4) is 0 Å². The van der Waals surface area contributed by atoms with Gasteiger partial charge in [0.2, 0.25) is 0 Å². The van der Waals surface area contributed by atoms with Crippen molar-refractivity contribution in [3.63, 3.8) is 0 Å². The van der Waals surface area contributed by atoms with Gasteiger partial charge >= 0.3 is 5.97 Å². The first-order valence-electron chi connectivity index (χ1n) is 4.10. The third-order valence-electron chi connectivity index (χ3n) is 1.70. The molecule has 2 atom stereocenters. The molecule has 0 fully saturated rings. The van der Waals surface area contributed by atoms with Gasteiger partial charge in [-0.25, -0.2) is 0 Å². The van der Waals surface area contributed by atoms with Gasteiger partial charge in [-0.3, -0.25) is 4.79 Å². The lowest BCUT2D eigenvalue weighted by atomic mass is 10.1. The summed E-state index contributed by atoms with van der Waals surface area (Å²) in [6, 6.07) is 0. The molecule has 0 aromatic heterocycles. The second-order valence-electron chi connectivity index (χ2n) is 2.72. The molecule has 0 aromatic rings. The Morgan fingerprint density at radius 3 is 2.92 bits per heavy atom. The van der Waals surface area contributed by atoms with E-state index in [0.29, 0.717) is 0 Å². The first-order valence-corrected chi connectivity index (χ1v) is 4.10. The Balaban J connectivity index is 2.63. The quantitative estimate of drug-likeness (QED) is 0.598. The average molecular weight is 184 g/mol. The van der Waals surface area contributed by atoms with Crippen LogP contribution < -0.4 is 0 Å². The number of esters is 1. The van der Waals surface area contributed by atoms with Gasteiger partial charge in [0.05, 0.1) is 0 Å². The van der Waals surface area contributed by atoms with E-state index in [1.165, 1.54) is 18.2 Å². The van der Waals surface area contributed by atoms with Crippen LogP contribution in [0.2, 0.25) is 0 Å². The minimum absolute atomic E-state index is 0.0989. The molecule has 4 heteroatoms. The summed E-state index contributed by atoms with van der Waals surface area (Å²) in [6.45, 7) is 1.66. The van der Waals surface area contributed by atoms with Crippen molar-refractivity contribution in [2.45, 2.75) is 25.6 Å². The number of aliphatic hydroxyl groups is 2. The van der Waals surface area contributed by atoms with Crippen molar-refractivity contribution in [1.82, 2.24) is 0 Å². The van der Waals surface area contributed by atoms with Crippen LogP contribution in [0.15, 0.2) is 24.0 Å². The first-order chi connectivity index (χ1) is 6.15.